The number of nitrogens with zero attached hydrogens (tertiary/aromatic N) is 1. The van der Waals surface area contributed by atoms with Crippen molar-refractivity contribution in [3.8, 4) is 0 Å². The normalized spacial score (nSPS) is 18.7. The van der Waals surface area contributed by atoms with Gasteiger partial charge >= 0.3 is 0 Å². The number of hydrogen-bond donors (Lipinski definition) is 1. The number of amides is 2. The van der Waals surface area contributed by atoms with Crippen LogP contribution in [0.1, 0.15) is 26.9 Å². The molecule has 1 aliphatic heterocycles. The summed E-state index contributed by atoms with van der Waals surface area (Å²) in [5, 5.41) is 3.38. The molecule has 0 bridgehead atoms. The van der Waals surface area contributed by atoms with E-state index in [1.165, 1.54) is 11.8 Å². The molecule has 0 spiro atoms. The highest BCUT2D eigenvalue weighted by Crippen LogP contribution is 2.43. The molecule has 1 heterocycles. The smallest absolute Gasteiger partial charge is 0.256 e. The monoisotopic (exact) mass is 452 g/mol. The van der Waals surface area contributed by atoms with Crippen LogP contribution in [0.2, 0.25) is 10.0 Å². The second-order valence-corrected chi connectivity index (χ2v) is 8.61. The third-order valence-electron chi connectivity index (χ3n) is 4.75. The number of methoxy groups -OCH3 is 1. The van der Waals surface area contributed by atoms with Crippen LogP contribution < -0.4 is 5.32 Å². The number of hydrogen-bond acceptors (Lipinski definition) is 4. The Labute approximate surface area is 184 Å². The lowest BCUT2D eigenvalue weighted by molar-refractivity contribution is -0.125. The highest BCUT2D eigenvalue weighted by atomic mass is 35.5. The van der Waals surface area contributed by atoms with Crippen molar-refractivity contribution in [2.75, 3.05) is 26.0 Å². The van der Waals surface area contributed by atoms with E-state index in [2.05, 4.69) is 5.32 Å². The second kappa shape index (κ2) is 9.85. The molecular weight excluding hydrogens is 431 g/mol. The van der Waals surface area contributed by atoms with Crippen molar-refractivity contribution in [1.29, 1.82) is 0 Å². The molecule has 0 aromatic heterocycles. The minimum Gasteiger partial charge on any atom is -0.383 e. The standard InChI is InChI=1S/C21H22Cl2N2O3S/c1-13-5-3-4-6-15(13)20(27)25-18(19(26)24-9-10-28-2)12-29-21(25)14-7-8-16(22)17(23)11-14/h3-8,11,18,21H,9-10,12H2,1-2H3,(H,24,26). The third kappa shape index (κ3) is 4.89. The molecule has 1 saturated heterocycles. The zero-order valence-corrected chi connectivity index (χ0v) is 18.5. The van der Waals surface area contributed by atoms with Crippen LogP contribution in [0, 0.1) is 6.92 Å². The summed E-state index contributed by atoms with van der Waals surface area (Å²) in [5.74, 6) is 0.108. The Morgan fingerprint density at radius 3 is 2.66 bits per heavy atom. The molecule has 8 heteroatoms. The van der Waals surface area contributed by atoms with Crippen LogP contribution in [0.3, 0.4) is 0 Å². The molecule has 2 aromatic rings. The molecule has 0 aliphatic carbocycles. The average molecular weight is 453 g/mol. The van der Waals surface area contributed by atoms with E-state index in [9.17, 15) is 9.59 Å². The first kappa shape index (κ1) is 22.0. The molecule has 2 aromatic carbocycles. The fourth-order valence-corrected chi connectivity index (χ4v) is 4.95. The summed E-state index contributed by atoms with van der Waals surface area (Å²) in [7, 11) is 1.58. The van der Waals surface area contributed by atoms with Gasteiger partial charge in [-0.05, 0) is 36.2 Å². The third-order valence-corrected chi connectivity index (χ3v) is 6.81. The molecule has 0 radical (unpaired) electrons. The maximum absolute atomic E-state index is 13.5. The molecule has 2 amide bonds. The summed E-state index contributed by atoms with van der Waals surface area (Å²) in [5.41, 5.74) is 2.27. The Balaban J connectivity index is 1.95. The van der Waals surface area contributed by atoms with Crippen molar-refractivity contribution in [1.82, 2.24) is 10.2 Å². The van der Waals surface area contributed by atoms with E-state index in [-0.39, 0.29) is 17.2 Å². The van der Waals surface area contributed by atoms with E-state index < -0.39 is 6.04 Å². The van der Waals surface area contributed by atoms with Gasteiger partial charge in [0.05, 0.1) is 16.7 Å². The van der Waals surface area contributed by atoms with Gasteiger partial charge in [-0.3, -0.25) is 9.59 Å². The number of ether oxygens (including phenoxy) is 1. The van der Waals surface area contributed by atoms with Crippen molar-refractivity contribution < 1.29 is 14.3 Å². The van der Waals surface area contributed by atoms with Gasteiger partial charge in [-0.1, -0.05) is 47.5 Å². The molecule has 1 fully saturated rings. The average Bonchev–Trinajstić information content (AvgIpc) is 3.15. The topological polar surface area (TPSA) is 58.6 Å². The van der Waals surface area contributed by atoms with Crippen LogP contribution in [0.4, 0.5) is 0 Å². The van der Waals surface area contributed by atoms with Crippen LogP contribution >= 0.6 is 35.0 Å². The maximum atomic E-state index is 13.5. The largest absolute Gasteiger partial charge is 0.383 e. The van der Waals surface area contributed by atoms with Gasteiger partial charge in [0, 0.05) is 25.0 Å². The molecule has 0 saturated carbocycles. The van der Waals surface area contributed by atoms with E-state index in [0.717, 1.165) is 11.1 Å². The molecular formula is C21H22Cl2N2O3S. The summed E-state index contributed by atoms with van der Waals surface area (Å²) >= 11 is 13.8. The minimum absolute atomic E-state index is 0.184. The summed E-state index contributed by atoms with van der Waals surface area (Å²) < 4.78 is 5.00. The van der Waals surface area contributed by atoms with E-state index in [4.69, 9.17) is 27.9 Å². The SMILES string of the molecule is COCCNC(=O)C1CSC(c2ccc(Cl)c(Cl)c2)N1C(=O)c1ccccc1C. The molecule has 154 valence electrons. The number of carbonyl (C=O) groups is 2. The van der Waals surface area contributed by atoms with Gasteiger partial charge in [-0.15, -0.1) is 11.8 Å². The number of rotatable bonds is 6. The lowest BCUT2D eigenvalue weighted by atomic mass is 10.1. The summed E-state index contributed by atoms with van der Waals surface area (Å²) in [6.45, 7) is 2.69. The predicted molar refractivity (Wildman–Crippen MR) is 118 cm³/mol. The number of thioether (sulfide) groups is 1. The van der Waals surface area contributed by atoms with Crippen LogP contribution in [-0.2, 0) is 9.53 Å². The summed E-state index contributed by atoms with van der Waals surface area (Å²) in [6.07, 6.45) is 0. The van der Waals surface area contributed by atoms with Crippen LogP contribution in [0.15, 0.2) is 42.5 Å². The molecule has 1 N–H and O–H groups in total. The van der Waals surface area contributed by atoms with Gasteiger partial charge in [-0.25, -0.2) is 0 Å². The molecule has 2 unspecified atom stereocenters. The zero-order chi connectivity index (χ0) is 21.0. The molecule has 2 atom stereocenters. The van der Waals surface area contributed by atoms with Crippen molar-refractivity contribution >= 4 is 46.8 Å². The lowest BCUT2D eigenvalue weighted by Crippen LogP contribution is -2.48. The Morgan fingerprint density at radius 2 is 1.97 bits per heavy atom. The van der Waals surface area contributed by atoms with E-state index >= 15 is 0 Å². The number of carbonyl (C=O) groups excluding carboxylic acids is 2. The van der Waals surface area contributed by atoms with Crippen molar-refractivity contribution in [2.24, 2.45) is 0 Å². The number of halogens is 2. The van der Waals surface area contributed by atoms with Crippen molar-refractivity contribution in [2.45, 2.75) is 18.3 Å². The molecule has 29 heavy (non-hydrogen) atoms. The maximum Gasteiger partial charge on any atom is 0.256 e. The Hall–Kier alpha value is -1.73. The van der Waals surface area contributed by atoms with Gasteiger partial charge in [0.1, 0.15) is 11.4 Å². The van der Waals surface area contributed by atoms with Crippen LogP contribution in [-0.4, -0.2) is 48.8 Å². The van der Waals surface area contributed by atoms with E-state index in [1.54, 1.807) is 30.2 Å². The second-order valence-electron chi connectivity index (χ2n) is 6.69. The molecule has 1 aliphatic rings. The fourth-order valence-electron chi connectivity index (χ4n) is 3.23. The predicted octanol–water partition coefficient (Wildman–Crippen LogP) is 4.32. The van der Waals surface area contributed by atoms with Crippen molar-refractivity contribution in [3.05, 3.63) is 69.2 Å². The Kier molecular flexibility index (Phi) is 7.46. The van der Waals surface area contributed by atoms with Gasteiger partial charge < -0.3 is 15.0 Å². The van der Waals surface area contributed by atoms with E-state index in [0.29, 0.717) is 34.5 Å². The summed E-state index contributed by atoms with van der Waals surface area (Å²) in [4.78, 5) is 28.0. The fraction of sp³-hybridized carbons (Fsp3) is 0.333. The molecule has 5 nitrogen and oxygen atoms in total. The van der Waals surface area contributed by atoms with Gasteiger partial charge in [0.2, 0.25) is 5.91 Å². The molecule has 3 rings (SSSR count). The van der Waals surface area contributed by atoms with E-state index in [1.807, 2.05) is 31.2 Å². The van der Waals surface area contributed by atoms with Gasteiger partial charge in [-0.2, -0.15) is 0 Å². The van der Waals surface area contributed by atoms with Crippen molar-refractivity contribution in [3.63, 3.8) is 0 Å². The lowest BCUT2D eigenvalue weighted by Gasteiger charge is -2.30. The quantitative estimate of drug-likeness (QED) is 0.662. The highest BCUT2D eigenvalue weighted by molar-refractivity contribution is 7.99. The zero-order valence-electron chi connectivity index (χ0n) is 16.2. The van der Waals surface area contributed by atoms with Crippen LogP contribution in [0.5, 0.6) is 0 Å². The first-order valence-corrected chi connectivity index (χ1v) is 11.0. The Bertz CT molecular complexity index is 909. The number of aryl methyl sites for hydroxylation is 1. The number of benzene rings is 2. The van der Waals surface area contributed by atoms with Gasteiger partial charge in [0.25, 0.3) is 5.91 Å². The number of nitrogens with one attached hydrogen (secondary N) is 1. The van der Waals surface area contributed by atoms with Crippen LogP contribution in [0.25, 0.3) is 0 Å². The minimum atomic E-state index is -0.594. The Morgan fingerprint density at radius 1 is 1.21 bits per heavy atom. The van der Waals surface area contributed by atoms with Gasteiger partial charge in [0.15, 0.2) is 0 Å². The summed E-state index contributed by atoms with van der Waals surface area (Å²) in [6, 6.07) is 12.1. The highest BCUT2D eigenvalue weighted by Gasteiger charge is 2.42. The first-order valence-electron chi connectivity index (χ1n) is 9.15. The first-order chi connectivity index (χ1) is 13.9.